The third-order valence-electron chi connectivity index (χ3n) is 3.77. The Kier molecular flexibility index (Phi) is 9.12. The molecular formula is C21H30. The van der Waals surface area contributed by atoms with Crippen molar-refractivity contribution >= 4 is 0 Å². The largest absolute Gasteiger partial charge is 0.0991 e. The SMILES string of the molecule is C=C/C=C\C(=C/C)C(C)(C(/C=C\C)=C/C)C(/C=C\C)=C/C. The van der Waals surface area contributed by atoms with Crippen LogP contribution in [0.1, 0.15) is 41.5 Å². The Bertz CT molecular complexity index is 474. The first-order valence-electron chi connectivity index (χ1n) is 7.61. The first-order valence-corrected chi connectivity index (χ1v) is 7.61. The smallest absolute Gasteiger partial charge is 0.0413 e. The highest BCUT2D eigenvalue weighted by Gasteiger charge is 2.32. The zero-order valence-corrected chi connectivity index (χ0v) is 14.5. The van der Waals surface area contributed by atoms with Crippen LogP contribution in [0.3, 0.4) is 0 Å². The van der Waals surface area contributed by atoms with Crippen LogP contribution in [0.15, 0.2) is 84.1 Å². The van der Waals surface area contributed by atoms with Crippen molar-refractivity contribution in [1.29, 1.82) is 0 Å². The van der Waals surface area contributed by atoms with Crippen molar-refractivity contribution in [3.05, 3.63) is 84.1 Å². The van der Waals surface area contributed by atoms with Gasteiger partial charge in [0.2, 0.25) is 0 Å². The number of allylic oxidation sites excluding steroid dienone is 13. The number of rotatable bonds is 7. The molecule has 0 aliphatic carbocycles. The molecule has 0 radical (unpaired) electrons. The maximum Gasteiger partial charge on any atom is 0.0413 e. The van der Waals surface area contributed by atoms with E-state index in [1.54, 1.807) is 0 Å². The zero-order valence-electron chi connectivity index (χ0n) is 14.5. The standard InChI is InChI=1S/C21H30/c1-8-14-17-20(13-6)21(7,18(11-4)15-9-2)19(12-5)16-10-3/h8-17H,1H2,2-7H3/b15-9-,16-10-,17-14-,18-11+,19-12+,20-13+. The molecule has 0 aromatic carbocycles. The zero-order chi connectivity index (χ0) is 16.3. The maximum atomic E-state index is 3.78. The molecule has 0 aliphatic rings. The van der Waals surface area contributed by atoms with Crippen LogP contribution in [0.25, 0.3) is 0 Å². The molecule has 0 bridgehead atoms. The van der Waals surface area contributed by atoms with Crippen LogP contribution >= 0.6 is 0 Å². The molecule has 0 saturated carbocycles. The first-order chi connectivity index (χ1) is 10.1. The van der Waals surface area contributed by atoms with E-state index in [0.29, 0.717) is 0 Å². The van der Waals surface area contributed by atoms with Gasteiger partial charge in [-0.25, -0.2) is 0 Å². The Morgan fingerprint density at radius 3 is 1.38 bits per heavy atom. The average molecular weight is 282 g/mol. The summed E-state index contributed by atoms with van der Waals surface area (Å²) >= 11 is 0. The normalized spacial score (nSPS) is 15.6. The van der Waals surface area contributed by atoms with Gasteiger partial charge < -0.3 is 0 Å². The first kappa shape index (κ1) is 19.2. The fraction of sp³-hybridized carbons (Fsp3) is 0.333. The summed E-state index contributed by atoms with van der Waals surface area (Å²) in [5.41, 5.74) is 3.67. The minimum absolute atomic E-state index is 0.170. The molecule has 0 heterocycles. The van der Waals surface area contributed by atoms with Gasteiger partial charge in [-0.15, -0.1) is 0 Å². The fourth-order valence-corrected chi connectivity index (χ4v) is 2.69. The third kappa shape index (κ3) is 4.60. The highest BCUT2D eigenvalue weighted by molar-refractivity contribution is 5.52. The number of hydrogen-bond donors (Lipinski definition) is 0. The molecule has 0 atom stereocenters. The molecule has 0 rings (SSSR count). The summed E-state index contributed by atoms with van der Waals surface area (Å²) in [4.78, 5) is 0. The average Bonchev–Trinajstić information content (AvgIpc) is 2.50. The molecule has 0 spiro atoms. The minimum atomic E-state index is -0.170. The quantitative estimate of drug-likeness (QED) is 0.454. The lowest BCUT2D eigenvalue weighted by Gasteiger charge is -2.34. The Hall–Kier alpha value is -1.82. The Morgan fingerprint density at radius 1 is 0.714 bits per heavy atom. The van der Waals surface area contributed by atoms with E-state index in [1.165, 1.54) is 16.7 Å². The lowest BCUT2D eigenvalue weighted by atomic mass is 9.68. The topological polar surface area (TPSA) is 0 Å². The van der Waals surface area contributed by atoms with E-state index in [1.807, 2.05) is 12.2 Å². The summed E-state index contributed by atoms with van der Waals surface area (Å²) in [5, 5.41) is 0. The fourth-order valence-electron chi connectivity index (χ4n) is 2.69. The van der Waals surface area contributed by atoms with Gasteiger partial charge in [0.05, 0.1) is 0 Å². The van der Waals surface area contributed by atoms with E-state index < -0.39 is 0 Å². The molecule has 0 fully saturated rings. The second-order valence-electron chi connectivity index (χ2n) is 4.95. The van der Waals surface area contributed by atoms with Gasteiger partial charge in [0.15, 0.2) is 0 Å². The van der Waals surface area contributed by atoms with E-state index >= 15 is 0 Å². The molecule has 0 aliphatic heterocycles. The van der Waals surface area contributed by atoms with Crippen molar-refractivity contribution in [2.45, 2.75) is 41.5 Å². The van der Waals surface area contributed by atoms with Crippen LogP contribution in [-0.2, 0) is 0 Å². The van der Waals surface area contributed by atoms with Gasteiger partial charge in [0.25, 0.3) is 0 Å². The summed E-state index contributed by atoms with van der Waals surface area (Å²) in [6.07, 6.45) is 21.1. The molecule has 0 nitrogen and oxygen atoms in total. The van der Waals surface area contributed by atoms with Crippen molar-refractivity contribution in [3.63, 3.8) is 0 Å². The highest BCUT2D eigenvalue weighted by atomic mass is 14.3. The molecule has 0 heteroatoms. The van der Waals surface area contributed by atoms with Crippen LogP contribution in [0.2, 0.25) is 0 Å². The Balaban J connectivity index is 6.36. The molecule has 0 saturated heterocycles. The number of hydrogen-bond acceptors (Lipinski definition) is 0. The van der Waals surface area contributed by atoms with Gasteiger partial charge in [-0.2, -0.15) is 0 Å². The van der Waals surface area contributed by atoms with Crippen LogP contribution in [0.4, 0.5) is 0 Å². The van der Waals surface area contributed by atoms with Crippen LogP contribution in [0.5, 0.6) is 0 Å². The molecule has 0 unspecified atom stereocenters. The van der Waals surface area contributed by atoms with E-state index in [9.17, 15) is 0 Å². The van der Waals surface area contributed by atoms with Crippen molar-refractivity contribution < 1.29 is 0 Å². The van der Waals surface area contributed by atoms with Crippen LogP contribution < -0.4 is 0 Å². The van der Waals surface area contributed by atoms with Gasteiger partial charge in [0, 0.05) is 5.41 Å². The molecule has 0 N–H and O–H groups in total. The summed E-state index contributed by atoms with van der Waals surface area (Å²) in [7, 11) is 0. The van der Waals surface area contributed by atoms with Crippen LogP contribution in [-0.4, -0.2) is 0 Å². The lowest BCUT2D eigenvalue weighted by molar-refractivity contribution is 0.613. The second-order valence-corrected chi connectivity index (χ2v) is 4.95. The van der Waals surface area contributed by atoms with Crippen molar-refractivity contribution in [3.8, 4) is 0 Å². The van der Waals surface area contributed by atoms with E-state index in [-0.39, 0.29) is 5.41 Å². The molecular weight excluding hydrogens is 252 g/mol. The molecule has 0 amide bonds. The molecule has 0 aromatic heterocycles. The van der Waals surface area contributed by atoms with Crippen molar-refractivity contribution in [2.24, 2.45) is 5.41 Å². The Labute approximate surface area is 131 Å². The van der Waals surface area contributed by atoms with Crippen molar-refractivity contribution in [1.82, 2.24) is 0 Å². The van der Waals surface area contributed by atoms with E-state index in [2.05, 4.69) is 96.7 Å². The van der Waals surface area contributed by atoms with E-state index in [0.717, 1.165) is 0 Å². The second kappa shape index (κ2) is 9.99. The summed E-state index contributed by atoms with van der Waals surface area (Å²) in [6, 6.07) is 0. The molecule has 21 heavy (non-hydrogen) atoms. The summed E-state index contributed by atoms with van der Waals surface area (Å²) in [6.45, 7) is 16.5. The molecule has 114 valence electrons. The van der Waals surface area contributed by atoms with Gasteiger partial charge >= 0.3 is 0 Å². The van der Waals surface area contributed by atoms with E-state index in [4.69, 9.17) is 0 Å². The maximum absolute atomic E-state index is 3.78. The predicted molar refractivity (Wildman–Crippen MR) is 98.3 cm³/mol. The van der Waals surface area contributed by atoms with Crippen LogP contribution in [0, 0.1) is 5.41 Å². The molecule has 0 aromatic rings. The Morgan fingerprint density at radius 2 is 1.10 bits per heavy atom. The monoisotopic (exact) mass is 282 g/mol. The predicted octanol–water partition coefficient (Wildman–Crippen LogP) is 6.73. The van der Waals surface area contributed by atoms with Gasteiger partial charge in [-0.3, -0.25) is 0 Å². The lowest BCUT2D eigenvalue weighted by Crippen LogP contribution is -2.23. The summed E-state index contributed by atoms with van der Waals surface area (Å²) in [5.74, 6) is 0. The highest BCUT2D eigenvalue weighted by Crippen LogP contribution is 2.44. The van der Waals surface area contributed by atoms with Gasteiger partial charge in [0.1, 0.15) is 0 Å². The van der Waals surface area contributed by atoms with Gasteiger partial charge in [-0.1, -0.05) is 67.3 Å². The summed E-state index contributed by atoms with van der Waals surface area (Å²) < 4.78 is 0. The minimum Gasteiger partial charge on any atom is -0.0991 e. The van der Waals surface area contributed by atoms with Crippen molar-refractivity contribution in [2.75, 3.05) is 0 Å². The van der Waals surface area contributed by atoms with Gasteiger partial charge in [-0.05, 0) is 58.3 Å². The third-order valence-corrected chi connectivity index (χ3v) is 3.77.